The van der Waals surface area contributed by atoms with Crippen molar-refractivity contribution < 1.29 is 9.15 Å². The summed E-state index contributed by atoms with van der Waals surface area (Å²) >= 11 is 0. The fourth-order valence-corrected chi connectivity index (χ4v) is 3.16. The molecule has 1 aliphatic rings. The van der Waals surface area contributed by atoms with E-state index in [0.29, 0.717) is 0 Å². The van der Waals surface area contributed by atoms with Gasteiger partial charge in [-0.05, 0) is 17.7 Å². The summed E-state index contributed by atoms with van der Waals surface area (Å²) in [6.07, 6.45) is 0. The molecule has 0 saturated carbocycles. The highest BCUT2D eigenvalue weighted by Crippen LogP contribution is 2.33. The largest absolute Gasteiger partial charge is 0.459 e. The minimum Gasteiger partial charge on any atom is -0.459 e. The molecule has 1 fully saturated rings. The highest BCUT2D eigenvalue weighted by Gasteiger charge is 2.27. The van der Waals surface area contributed by atoms with Crippen molar-refractivity contribution in [1.82, 2.24) is 4.90 Å². The van der Waals surface area contributed by atoms with Gasteiger partial charge < -0.3 is 9.15 Å². The molecule has 1 aromatic heterocycles. The normalized spacial score (nSPS) is 17.6. The number of hydrogen-bond donors (Lipinski definition) is 0. The standard InChI is InChI=1S/C19H19NO2/c1-2-6-15(7-3-1)19(20-10-12-21-13-11-20)18-14-16-8-4-5-9-17(16)22-18/h1-9,14,19H,10-13H2. The number of fused-ring (bicyclic) bond motifs is 1. The molecule has 0 N–H and O–H groups in total. The van der Waals surface area contributed by atoms with Crippen LogP contribution in [0, 0.1) is 0 Å². The van der Waals surface area contributed by atoms with E-state index in [9.17, 15) is 0 Å². The molecule has 1 unspecified atom stereocenters. The van der Waals surface area contributed by atoms with Gasteiger partial charge in [0.25, 0.3) is 0 Å². The van der Waals surface area contributed by atoms with Gasteiger partial charge in [-0.1, -0.05) is 48.5 Å². The molecule has 0 spiro atoms. The molecule has 1 aliphatic heterocycles. The lowest BCUT2D eigenvalue weighted by Gasteiger charge is -2.33. The van der Waals surface area contributed by atoms with Gasteiger partial charge in [-0.3, -0.25) is 4.90 Å². The fourth-order valence-electron chi connectivity index (χ4n) is 3.16. The van der Waals surface area contributed by atoms with Crippen LogP contribution in [0.15, 0.2) is 65.1 Å². The Bertz CT molecular complexity index is 711. The predicted octanol–water partition coefficient (Wildman–Crippen LogP) is 3.85. The van der Waals surface area contributed by atoms with E-state index in [0.717, 1.165) is 43.0 Å². The Morgan fingerprint density at radius 3 is 2.36 bits per heavy atom. The molecule has 0 amide bonds. The van der Waals surface area contributed by atoms with Gasteiger partial charge in [-0.2, -0.15) is 0 Å². The van der Waals surface area contributed by atoms with Crippen LogP contribution in [-0.2, 0) is 4.74 Å². The van der Waals surface area contributed by atoms with E-state index >= 15 is 0 Å². The quantitative estimate of drug-likeness (QED) is 0.733. The Morgan fingerprint density at radius 2 is 1.59 bits per heavy atom. The van der Waals surface area contributed by atoms with Crippen molar-refractivity contribution in [3.8, 4) is 0 Å². The summed E-state index contributed by atoms with van der Waals surface area (Å²) in [5, 5.41) is 1.16. The third-order valence-electron chi connectivity index (χ3n) is 4.24. The average molecular weight is 293 g/mol. The van der Waals surface area contributed by atoms with E-state index in [1.54, 1.807) is 0 Å². The average Bonchev–Trinajstić information content (AvgIpc) is 3.00. The second-order valence-electron chi connectivity index (χ2n) is 5.65. The van der Waals surface area contributed by atoms with Crippen LogP contribution >= 0.6 is 0 Å². The number of benzene rings is 2. The van der Waals surface area contributed by atoms with Crippen LogP contribution in [0.25, 0.3) is 11.0 Å². The van der Waals surface area contributed by atoms with Crippen LogP contribution in [-0.4, -0.2) is 31.2 Å². The fraction of sp³-hybridized carbons (Fsp3) is 0.263. The van der Waals surface area contributed by atoms with Gasteiger partial charge in [-0.25, -0.2) is 0 Å². The molecule has 1 atom stereocenters. The van der Waals surface area contributed by atoms with Crippen molar-refractivity contribution in [3.05, 3.63) is 72.0 Å². The van der Waals surface area contributed by atoms with Crippen molar-refractivity contribution >= 4 is 11.0 Å². The van der Waals surface area contributed by atoms with Crippen molar-refractivity contribution in [2.75, 3.05) is 26.3 Å². The minimum absolute atomic E-state index is 0.150. The Labute approximate surface area is 130 Å². The smallest absolute Gasteiger partial charge is 0.134 e. The molecule has 112 valence electrons. The van der Waals surface area contributed by atoms with Crippen LogP contribution in [0.1, 0.15) is 17.4 Å². The zero-order valence-electron chi connectivity index (χ0n) is 12.4. The van der Waals surface area contributed by atoms with Gasteiger partial charge >= 0.3 is 0 Å². The van der Waals surface area contributed by atoms with Gasteiger partial charge in [0.1, 0.15) is 11.3 Å². The molecule has 22 heavy (non-hydrogen) atoms. The molecule has 3 aromatic rings. The minimum atomic E-state index is 0.150. The molecule has 1 saturated heterocycles. The summed E-state index contributed by atoms with van der Waals surface area (Å²) in [5.41, 5.74) is 2.22. The van der Waals surface area contributed by atoms with Crippen LogP contribution in [0.3, 0.4) is 0 Å². The second kappa shape index (κ2) is 5.95. The number of rotatable bonds is 3. The first-order chi connectivity index (χ1) is 10.9. The molecule has 3 heteroatoms. The number of hydrogen-bond acceptors (Lipinski definition) is 3. The highest BCUT2D eigenvalue weighted by atomic mass is 16.5. The van der Waals surface area contributed by atoms with Crippen LogP contribution in [0.2, 0.25) is 0 Å². The van der Waals surface area contributed by atoms with E-state index in [4.69, 9.17) is 9.15 Å². The lowest BCUT2D eigenvalue weighted by molar-refractivity contribution is 0.0205. The predicted molar refractivity (Wildman–Crippen MR) is 86.9 cm³/mol. The lowest BCUT2D eigenvalue weighted by Crippen LogP contribution is -2.39. The first-order valence-corrected chi connectivity index (χ1v) is 7.77. The molecule has 3 nitrogen and oxygen atoms in total. The van der Waals surface area contributed by atoms with E-state index < -0.39 is 0 Å². The summed E-state index contributed by atoms with van der Waals surface area (Å²) < 4.78 is 11.7. The summed E-state index contributed by atoms with van der Waals surface area (Å²) in [6, 6.07) is 21.1. The Morgan fingerprint density at radius 1 is 0.864 bits per heavy atom. The molecular weight excluding hydrogens is 274 g/mol. The van der Waals surface area contributed by atoms with Crippen LogP contribution in [0.5, 0.6) is 0 Å². The van der Waals surface area contributed by atoms with Gasteiger partial charge in [-0.15, -0.1) is 0 Å². The molecular formula is C19H19NO2. The third kappa shape index (κ3) is 2.54. The topological polar surface area (TPSA) is 25.6 Å². The number of para-hydroxylation sites is 1. The van der Waals surface area contributed by atoms with E-state index in [1.165, 1.54) is 5.56 Å². The van der Waals surface area contributed by atoms with Gasteiger partial charge in [0.2, 0.25) is 0 Å². The van der Waals surface area contributed by atoms with Crippen molar-refractivity contribution in [1.29, 1.82) is 0 Å². The zero-order chi connectivity index (χ0) is 14.8. The Hall–Kier alpha value is -2.10. The molecule has 4 rings (SSSR count). The highest BCUT2D eigenvalue weighted by molar-refractivity contribution is 5.78. The summed E-state index contributed by atoms with van der Waals surface area (Å²) in [4.78, 5) is 2.44. The SMILES string of the molecule is c1ccc(C(c2cc3ccccc3o2)N2CCOCC2)cc1. The van der Waals surface area contributed by atoms with Gasteiger partial charge in [0, 0.05) is 18.5 Å². The van der Waals surface area contributed by atoms with Crippen LogP contribution < -0.4 is 0 Å². The Kier molecular flexibility index (Phi) is 3.67. The summed E-state index contributed by atoms with van der Waals surface area (Å²) in [7, 11) is 0. The molecule has 0 aliphatic carbocycles. The van der Waals surface area contributed by atoms with Crippen molar-refractivity contribution in [2.45, 2.75) is 6.04 Å². The number of morpholine rings is 1. The van der Waals surface area contributed by atoms with Gasteiger partial charge in [0.15, 0.2) is 0 Å². The van der Waals surface area contributed by atoms with Crippen molar-refractivity contribution in [3.63, 3.8) is 0 Å². The maximum absolute atomic E-state index is 6.16. The lowest BCUT2D eigenvalue weighted by atomic mass is 10.0. The zero-order valence-corrected chi connectivity index (χ0v) is 12.4. The van der Waals surface area contributed by atoms with Crippen LogP contribution in [0.4, 0.5) is 0 Å². The van der Waals surface area contributed by atoms with Gasteiger partial charge in [0.05, 0.1) is 19.3 Å². The van der Waals surface area contributed by atoms with E-state index in [-0.39, 0.29) is 6.04 Å². The molecule has 0 bridgehead atoms. The number of nitrogens with zero attached hydrogens (tertiary/aromatic N) is 1. The maximum Gasteiger partial charge on any atom is 0.134 e. The summed E-state index contributed by atoms with van der Waals surface area (Å²) in [5.74, 6) is 1.01. The second-order valence-corrected chi connectivity index (χ2v) is 5.65. The first kappa shape index (κ1) is 13.6. The number of furan rings is 1. The Balaban J connectivity index is 1.78. The molecule has 2 heterocycles. The number of ether oxygens (including phenoxy) is 1. The first-order valence-electron chi connectivity index (χ1n) is 7.77. The maximum atomic E-state index is 6.16. The molecule has 0 radical (unpaired) electrons. The van der Waals surface area contributed by atoms with Crippen molar-refractivity contribution in [2.24, 2.45) is 0 Å². The van der Waals surface area contributed by atoms with E-state index in [1.807, 2.05) is 18.2 Å². The summed E-state index contributed by atoms with van der Waals surface area (Å²) in [6.45, 7) is 3.42. The molecule has 2 aromatic carbocycles. The third-order valence-corrected chi connectivity index (χ3v) is 4.24. The van der Waals surface area contributed by atoms with E-state index in [2.05, 4.69) is 47.4 Å². The monoisotopic (exact) mass is 293 g/mol.